The normalized spacial score (nSPS) is 14.3. The molecule has 0 aromatic heterocycles. The molecule has 2 N–H and O–H groups in total. The second-order valence-corrected chi connectivity index (χ2v) is 7.16. The van der Waals surface area contributed by atoms with Crippen LogP contribution < -0.4 is 15.4 Å². The van der Waals surface area contributed by atoms with E-state index in [1.807, 2.05) is 19.1 Å². The number of benzene rings is 1. The van der Waals surface area contributed by atoms with Gasteiger partial charge in [-0.1, -0.05) is 26.0 Å². The van der Waals surface area contributed by atoms with Gasteiger partial charge in [-0.3, -0.25) is 4.99 Å². The van der Waals surface area contributed by atoms with Gasteiger partial charge in [0.05, 0.1) is 19.3 Å². The lowest BCUT2D eigenvalue weighted by Gasteiger charge is -2.26. The van der Waals surface area contributed by atoms with Gasteiger partial charge < -0.3 is 25.0 Å². The number of ether oxygens (including phenoxy) is 2. The van der Waals surface area contributed by atoms with Gasteiger partial charge in [-0.05, 0) is 51.1 Å². The summed E-state index contributed by atoms with van der Waals surface area (Å²) in [6, 6.07) is 8.45. The summed E-state index contributed by atoms with van der Waals surface area (Å²) >= 11 is 0. The van der Waals surface area contributed by atoms with Gasteiger partial charge in [0.25, 0.3) is 0 Å². The number of nitrogens with one attached hydrogen (secondary N) is 2. The molecule has 1 rings (SSSR count). The minimum atomic E-state index is 0.237. The Labute approximate surface area is 165 Å². The maximum absolute atomic E-state index is 5.81. The Morgan fingerprint density at radius 2 is 1.81 bits per heavy atom. The SMILES string of the molecule is CCOC(CCNC(=NC)NCC(c1ccc(OC)cc1)N(C)C)C(C)C. The minimum Gasteiger partial charge on any atom is -0.497 e. The van der Waals surface area contributed by atoms with Crippen molar-refractivity contribution >= 4 is 5.96 Å². The molecule has 0 spiro atoms. The van der Waals surface area contributed by atoms with Crippen molar-refractivity contribution in [3.63, 3.8) is 0 Å². The number of hydrogen-bond acceptors (Lipinski definition) is 4. The van der Waals surface area contributed by atoms with Gasteiger partial charge in [0, 0.05) is 26.7 Å². The van der Waals surface area contributed by atoms with Crippen molar-refractivity contribution < 1.29 is 9.47 Å². The molecule has 154 valence electrons. The highest BCUT2D eigenvalue weighted by molar-refractivity contribution is 5.79. The van der Waals surface area contributed by atoms with E-state index in [0.29, 0.717) is 5.92 Å². The summed E-state index contributed by atoms with van der Waals surface area (Å²) in [6.07, 6.45) is 1.23. The van der Waals surface area contributed by atoms with Crippen LogP contribution in [0, 0.1) is 5.92 Å². The Hall–Kier alpha value is -1.79. The average molecular weight is 379 g/mol. The van der Waals surface area contributed by atoms with Crippen molar-refractivity contribution in [2.45, 2.75) is 39.3 Å². The molecule has 2 atom stereocenters. The molecule has 0 bridgehead atoms. The molecule has 6 heteroatoms. The molecule has 0 aliphatic carbocycles. The van der Waals surface area contributed by atoms with Gasteiger partial charge in [0.15, 0.2) is 5.96 Å². The monoisotopic (exact) mass is 378 g/mol. The topological polar surface area (TPSA) is 58.1 Å². The van der Waals surface area contributed by atoms with Crippen LogP contribution in [0.5, 0.6) is 5.75 Å². The molecule has 0 saturated carbocycles. The van der Waals surface area contributed by atoms with E-state index in [4.69, 9.17) is 9.47 Å². The van der Waals surface area contributed by atoms with Crippen LogP contribution in [0.25, 0.3) is 0 Å². The fourth-order valence-electron chi connectivity index (χ4n) is 2.99. The standard InChI is InChI=1S/C21H38N4O2/c1-8-27-20(16(2)3)13-14-23-21(22-4)24-15-19(25(5)6)17-9-11-18(26-7)12-10-17/h9-12,16,19-20H,8,13-15H2,1-7H3,(H2,22,23,24). The van der Waals surface area contributed by atoms with E-state index in [0.717, 1.165) is 37.8 Å². The van der Waals surface area contributed by atoms with Gasteiger partial charge >= 0.3 is 0 Å². The summed E-state index contributed by atoms with van der Waals surface area (Å²) in [5.74, 6) is 2.19. The van der Waals surface area contributed by atoms with Crippen LogP contribution in [0.3, 0.4) is 0 Å². The number of aliphatic imine (C=N–C) groups is 1. The molecule has 6 nitrogen and oxygen atoms in total. The van der Waals surface area contributed by atoms with Crippen LogP contribution in [-0.4, -0.2) is 64.9 Å². The summed E-state index contributed by atoms with van der Waals surface area (Å²) in [6.45, 7) is 8.79. The number of likely N-dealkylation sites (N-methyl/N-ethyl adjacent to an activating group) is 1. The smallest absolute Gasteiger partial charge is 0.191 e. The van der Waals surface area contributed by atoms with E-state index in [1.54, 1.807) is 14.2 Å². The maximum Gasteiger partial charge on any atom is 0.191 e. The van der Waals surface area contributed by atoms with E-state index in [9.17, 15) is 0 Å². The van der Waals surface area contributed by atoms with Crippen LogP contribution in [0.15, 0.2) is 29.3 Å². The van der Waals surface area contributed by atoms with Crippen molar-refractivity contribution in [3.8, 4) is 5.75 Å². The average Bonchev–Trinajstić information content (AvgIpc) is 2.66. The first kappa shape index (κ1) is 23.2. The summed E-state index contributed by atoms with van der Waals surface area (Å²) in [5.41, 5.74) is 1.24. The Morgan fingerprint density at radius 1 is 1.15 bits per heavy atom. The zero-order valence-corrected chi connectivity index (χ0v) is 18.1. The summed E-state index contributed by atoms with van der Waals surface area (Å²) in [7, 11) is 7.66. The van der Waals surface area contributed by atoms with Crippen LogP contribution in [0.2, 0.25) is 0 Å². The largest absolute Gasteiger partial charge is 0.497 e. The number of guanidine groups is 1. The highest BCUT2D eigenvalue weighted by Gasteiger charge is 2.16. The highest BCUT2D eigenvalue weighted by atomic mass is 16.5. The van der Waals surface area contributed by atoms with E-state index < -0.39 is 0 Å². The maximum atomic E-state index is 5.81. The first-order valence-corrected chi connectivity index (χ1v) is 9.79. The lowest BCUT2D eigenvalue weighted by molar-refractivity contribution is 0.0258. The minimum absolute atomic E-state index is 0.237. The van der Waals surface area contributed by atoms with E-state index in [-0.39, 0.29) is 12.1 Å². The van der Waals surface area contributed by atoms with Crippen molar-refractivity contribution in [1.29, 1.82) is 0 Å². The second kappa shape index (κ2) is 12.6. The fourth-order valence-corrected chi connectivity index (χ4v) is 2.99. The predicted octanol–water partition coefficient (Wildman–Crippen LogP) is 2.91. The third-order valence-electron chi connectivity index (χ3n) is 4.66. The molecule has 27 heavy (non-hydrogen) atoms. The van der Waals surface area contributed by atoms with Crippen molar-refractivity contribution in [3.05, 3.63) is 29.8 Å². The number of hydrogen-bond donors (Lipinski definition) is 2. The fraction of sp³-hybridized carbons (Fsp3) is 0.667. The molecule has 0 amide bonds. The van der Waals surface area contributed by atoms with Gasteiger partial charge in [-0.15, -0.1) is 0 Å². The lowest BCUT2D eigenvalue weighted by Crippen LogP contribution is -2.42. The summed E-state index contributed by atoms with van der Waals surface area (Å²) < 4.78 is 11.1. The van der Waals surface area contributed by atoms with Gasteiger partial charge in [-0.2, -0.15) is 0 Å². The molecular formula is C21H38N4O2. The third-order valence-corrected chi connectivity index (χ3v) is 4.66. The quantitative estimate of drug-likeness (QED) is 0.458. The highest BCUT2D eigenvalue weighted by Crippen LogP contribution is 2.20. The van der Waals surface area contributed by atoms with E-state index >= 15 is 0 Å². The Kier molecular flexibility index (Phi) is 10.8. The molecule has 0 radical (unpaired) electrons. The molecule has 2 unspecified atom stereocenters. The van der Waals surface area contributed by atoms with Crippen LogP contribution in [-0.2, 0) is 4.74 Å². The first-order valence-electron chi connectivity index (χ1n) is 9.79. The second-order valence-electron chi connectivity index (χ2n) is 7.16. The molecule has 0 fully saturated rings. The molecule has 0 heterocycles. The molecular weight excluding hydrogens is 340 g/mol. The van der Waals surface area contributed by atoms with Gasteiger partial charge in [0.2, 0.25) is 0 Å². The molecule has 1 aromatic rings. The molecule has 1 aromatic carbocycles. The summed E-state index contributed by atoms with van der Waals surface area (Å²) in [5, 5.41) is 6.84. The lowest BCUT2D eigenvalue weighted by atomic mass is 10.0. The van der Waals surface area contributed by atoms with Crippen LogP contribution in [0.4, 0.5) is 0 Å². The summed E-state index contributed by atoms with van der Waals surface area (Å²) in [4.78, 5) is 6.54. The zero-order valence-electron chi connectivity index (χ0n) is 18.1. The van der Waals surface area contributed by atoms with E-state index in [2.05, 4.69) is 60.6 Å². The zero-order chi connectivity index (χ0) is 20.2. The predicted molar refractivity (Wildman–Crippen MR) is 114 cm³/mol. The van der Waals surface area contributed by atoms with Gasteiger partial charge in [0.1, 0.15) is 5.75 Å². The molecule has 0 saturated heterocycles. The van der Waals surface area contributed by atoms with E-state index in [1.165, 1.54) is 5.56 Å². The van der Waals surface area contributed by atoms with Crippen molar-refractivity contribution in [2.24, 2.45) is 10.9 Å². The van der Waals surface area contributed by atoms with Crippen LogP contribution in [0.1, 0.15) is 38.8 Å². The Morgan fingerprint density at radius 3 is 2.30 bits per heavy atom. The van der Waals surface area contributed by atoms with Crippen molar-refractivity contribution in [2.75, 3.05) is 47.9 Å². The number of methoxy groups -OCH3 is 1. The number of rotatable bonds is 11. The third kappa shape index (κ3) is 8.18. The van der Waals surface area contributed by atoms with Crippen LogP contribution >= 0.6 is 0 Å². The van der Waals surface area contributed by atoms with Gasteiger partial charge in [-0.25, -0.2) is 0 Å². The Balaban J connectivity index is 2.57. The molecule has 0 aliphatic heterocycles. The van der Waals surface area contributed by atoms with Crippen molar-refractivity contribution in [1.82, 2.24) is 15.5 Å². The number of nitrogens with zero attached hydrogens (tertiary/aromatic N) is 2. The first-order chi connectivity index (χ1) is 12.9. The molecule has 0 aliphatic rings. The Bertz CT molecular complexity index is 544.